The van der Waals surface area contributed by atoms with Crippen LogP contribution < -0.4 is 25.7 Å². The lowest BCUT2D eigenvalue weighted by molar-refractivity contribution is -0.118. The molecule has 3 atom stereocenters. The highest BCUT2D eigenvalue weighted by molar-refractivity contribution is 5.94. The smallest absolute Gasteiger partial charge is 0.263 e. The molecule has 10 heteroatoms. The molecule has 3 aliphatic rings. The molecule has 1 amide bonds. The maximum Gasteiger partial charge on any atom is 0.263 e. The Bertz CT molecular complexity index is 1380. The van der Waals surface area contributed by atoms with Crippen LogP contribution in [-0.4, -0.2) is 72.0 Å². The summed E-state index contributed by atoms with van der Waals surface area (Å²) in [5.41, 5.74) is 1.72. The number of nitrogens with zero attached hydrogens (tertiary/aromatic N) is 3. The van der Waals surface area contributed by atoms with Gasteiger partial charge in [-0.25, -0.2) is 4.98 Å². The van der Waals surface area contributed by atoms with Crippen molar-refractivity contribution in [2.45, 2.75) is 44.5 Å². The van der Waals surface area contributed by atoms with Gasteiger partial charge in [0.15, 0.2) is 18.2 Å². The quantitative estimate of drug-likeness (QED) is 0.542. The van der Waals surface area contributed by atoms with E-state index in [0.29, 0.717) is 37.9 Å². The Labute approximate surface area is 220 Å². The number of ether oxygens (including phenoxy) is 3. The van der Waals surface area contributed by atoms with Crippen LogP contribution in [0.5, 0.6) is 11.5 Å². The van der Waals surface area contributed by atoms with E-state index in [1.807, 2.05) is 41.0 Å². The number of hydrogen-bond donors (Lipinski definition) is 2. The van der Waals surface area contributed by atoms with Gasteiger partial charge >= 0.3 is 0 Å². The van der Waals surface area contributed by atoms with Crippen molar-refractivity contribution in [1.29, 1.82) is 0 Å². The third kappa shape index (κ3) is 5.52. The minimum atomic E-state index is -0.196. The van der Waals surface area contributed by atoms with Crippen LogP contribution in [0.25, 0.3) is 10.9 Å². The summed E-state index contributed by atoms with van der Waals surface area (Å²) in [6.07, 6.45) is 3.00. The SMILES string of the molecule is O=C1COc2ccc(CNC3C[N@]4CCn5c(=O)ccc6ccc(cc65)OCCCCCO[C@@H]3C4)nc2N1. The van der Waals surface area contributed by atoms with Crippen molar-refractivity contribution in [1.82, 2.24) is 19.8 Å². The van der Waals surface area contributed by atoms with Crippen LogP contribution in [0, 0.1) is 0 Å². The zero-order valence-corrected chi connectivity index (χ0v) is 21.4. The molecule has 38 heavy (non-hydrogen) atoms. The van der Waals surface area contributed by atoms with Crippen molar-refractivity contribution < 1.29 is 19.0 Å². The summed E-state index contributed by atoms with van der Waals surface area (Å²) in [6, 6.07) is 13.4. The van der Waals surface area contributed by atoms with E-state index in [-0.39, 0.29) is 30.2 Å². The van der Waals surface area contributed by atoms with Crippen LogP contribution in [0.15, 0.2) is 47.3 Å². The van der Waals surface area contributed by atoms with Crippen molar-refractivity contribution in [3.8, 4) is 11.5 Å². The number of carbonyl (C=O) groups is 1. The molecule has 1 fully saturated rings. The summed E-state index contributed by atoms with van der Waals surface area (Å²) < 4.78 is 19.6. The number of fused-ring (bicyclic) bond motifs is 4. The Kier molecular flexibility index (Phi) is 7.26. The molecular formula is C28H33N5O5. The van der Waals surface area contributed by atoms with Crippen LogP contribution in [-0.2, 0) is 22.6 Å². The molecule has 1 aromatic carbocycles. The van der Waals surface area contributed by atoms with Gasteiger partial charge in [-0.3, -0.25) is 14.5 Å². The number of hydrogen-bond acceptors (Lipinski definition) is 8. The highest BCUT2D eigenvalue weighted by atomic mass is 16.5. The van der Waals surface area contributed by atoms with Crippen LogP contribution >= 0.6 is 0 Å². The van der Waals surface area contributed by atoms with Crippen molar-refractivity contribution in [3.63, 3.8) is 0 Å². The minimum Gasteiger partial charge on any atom is -0.494 e. The van der Waals surface area contributed by atoms with Crippen LogP contribution in [0.4, 0.5) is 5.82 Å². The number of benzene rings is 1. The predicted octanol–water partition coefficient (Wildman–Crippen LogP) is 2.15. The van der Waals surface area contributed by atoms with Gasteiger partial charge in [-0.05, 0) is 55.0 Å². The Morgan fingerprint density at radius 1 is 0.974 bits per heavy atom. The Morgan fingerprint density at radius 2 is 1.87 bits per heavy atom. The minimum absolute atomic E-state index is 0.00741. The van der Waals surface area contributed by atoms with Crippen molar-refractivity contribution in [2.24, 2.45) is 0 Å². The fourth-order valence-corrected chi connectivity index (χ4v) is 5.37. The fraction of sp³-hybridized carbons (Fsp3) is 0.464. The van der Waals surface area contributed by atoms with E-state index in [1.165, 1.54) is 0 Å². The van der Waals surface area contributed by atoms with Crippen LogP contribution in [0.2, 0.25) is 0 Å². The summed E-state index contributed by atoms with van der Waals surface area (Å²) in [5, 5.41) is 7.42. The van der Waals surface area contributed by atoms with E-state index in [0.717, 1.165) is 61.2 Å². The lowest BCUT2D eigenvalue weighted by Gasteiger charge is -2.21. The second-order valence-electron chi connectivity index (χ2n) is 10.1. The van der Waals surface area contributed by atoms with Crippen molar-refractivity contribution in [2.75, 3.05) is 44.8 Å². The largest absolute Gasteiger partial charge is 0.494 e. The molecule has 0 radical (unpaired) electrons. The molecule has 0 aliphatic carbocycles. The number of nitrogens with one attached hydrogen (secondary N) is 2. The fourth-order valence-electron chi connectivity index (χ4n) is 5.37. The predicted molar refractivity (Wildman–Crippen MR) is 143 cm³/mol. The highest BCUT2D eigenvalue weighted by Gasteiger charge is 2.33. The van der Waals surface area contributed by atoms with E-state index in [4.69, 9.17) is 14.2 Å². The Morgan fingerprint density at radius 3 is 2.82 bits per heavy atom. The molecule has 1 unspecified atom stereocenters. The molecule has 0 spiro atoms. The van der Waals surface area contributed by atoms with E-state index < -0.39 is 0 Å². The van der Waals surface area contributed by atoms with Crippen molar-refractivity contribution in [3.05, 3.63) is 58.5 Å². The second kappa shape index (κ2) is 11.1. The zero-order valence-electron chi connectivity index (χ0n) is 21.4. The van der Waals surface area contributed by atoms with Gasteiger partial charge in [-0.2, -0.15) is 0 Å². The molecule has 1 saturated heterocycles. The summed E-state index contributed by atoms with van der Waals surface area (Å²) in [7, 11) is 0. The average molecular weight is 520 g/mol. The first-order valence-electron chi connectivity index (χ1n) is 13.4. The lowest BCUT2D eigenvalue weighted by atomic mass is 10.2. The van der Waals surface area contributed by atoms with Crippen molar-refractivity contribution >= 4 is 22.6 Å². The molecule has 5 heterocycles. The third-order valence-corrected chi connectivity index (χ3v) is 7.41. The molecule has 0 saturated carbocycles. The third-order valence-electron chi connectivity index (χ3n) is 7.41. The number of pyridine rings is 2. The lowest BCUT2D eigenvalue weighted by Crippen LogP contribution is -2.40. The zero-order chi connectivity index (χ0) is 25.9. The summed E-state index contributed by atoms with van der Waals surface area (Å²) in [4.78, 5) is 31.4. The van der Waals surface area contributed by atoms with Gasteiger partial charge in [-0.15, -0.1) is 0 Å². The first-order valence-corrected chi connectivity index (χ1v) is 13.4. The summed E-state index contributed by atoms with van der Waals surface area (Å²) in [6.45, 7) is 4.84. The molecule has 10 nitrogen and oxygen atoms in total. The van der Waals surface area contributed by atoms with Gasteiger partial charge in [0.1, 0.15) is 5.75 Å². The number of rotatable bonds is 3. The van der Waals surface area contributed by atoms with Gasteiger partial charge < -0.3 is 29.4 Å². The van der Waals surface area contributed by atoms with Gasteiger partial charge in [0.25, 0.3) is 11.5 Å². The van der Waals surface area contributed by atoms with Crippen LogP contribution in [0.3, 0.4) is 0 Å². The molecule has 2 aromatic heterocycles. The van der Waals surface area contributed by atoms with Gasteiger partial charge in [0.05, 0.1) is 23.9 Å². The molecule has 200 valence electrons. The standard InChI is InChI=1S/C28H33N5O5/c34-26-18-38-24-8-6-20(30-28(24)31-26)15-29-22-16-32-10-11-33-23-14-21(7-4-19(23)5-9-27(33)35)36-12-2-1-3-13-37-25(22)17-32/h4-9,14,22,25,29H,1-3,10-13,15-18H2,(H,30,31,34)/t22?,25-/m1/s1. The number of carbonyl (C=O) groups excluding carboxylic acids is 1. The molecule has 2 N–H and O–H groups in total. The van der Waals surface area contributed by atoms with E-state index in [2.05, 4.69) is 20.5 Å². The Hall–Kier alpha value is -3.47. The van der Waals surface area contributed by atoms with E-state index >= 15 is 0 Å². The summed E-state index contributed by atoms with van der Waals surface area (Å²) in [5.74, 6) is 1.66. The molecule has 3 aromatic rings. The maximum absolute atomic E-state index is 12.8. The normalized spacial score (nSPS) is 23.9. The van der Waals surface area contributed by atoms with Gasteiger partial charge in [0, 0.05) is 57.5 Å². The summed E-state index contributed by atoms with van der Waals surface area (Å²) >= 11 is 0. The second-order valence-corrected chi connectivity index (χ2v) is 10.1. The topological polar surface area (TPSA) is 107 Å². The monoisotopic (exact) mass is 519 g/mol. The van der Waals surface area contributed by atoms with Gasteiger partial charge in [-0.1, -0.05) is 0 Å². The first-order chi connectivity index (χ1) is 18.6. The molecule has 4 bridgehead atoms. The highest BCUT2D eigenvalue weighted by Crippen LogP contribution is 2.26. The number of aromatic nitrogens is 2. The first kappa shape index (κ1) is 24.8. The van der Waals surface area contributed by atoms with Crippen LogP contribution in [0.1, 0.15) is 25.0 Å². The maximum atomic E-state index is 12.8. The van der Waals surface area contributed by atoms with E-state index in [9.17, 15) is 9.59 Å². The molecular weight excluding hydrogens is 486 g/mol. The Balaban J connectivity index is 1.17. The molecule has 6 rings (SSSR count). The molecule has 3 aliphatic heterocycles. The average Bonchev–Trinajstić information content (AvgIpc) is 3.31. The number of anilines is 1. The van der Waals surface area contributed by atoms with Gasteiger partial charge in [0.2, 0.25) is 0 Å². The van der Waals surface area contributed by atoms with E-state index in [1.54, 1.807) is 6.07 Å². The number of amides is 1.